The fourth-order valence-corrected chi connectivity index (χ4v) is 7.90. The van der Waals surface area contributed by atoms with E-state index >= 15 is 0 Å². The van der Waals surface area contributed by atoms with Gasteiger partial charge >= 0.3 is 0 Å². The Balaban J connectivity index is 3.03. The van der Waals surface area contributed by atoms with E-state index in [1.165, 1.54) is 31.2 Å². The van der Waals surface area contributed by atoms with Crippen LogP contribution in [0, 0.1) is 0 Å². The van der Waals surface area contributed by atoms with E-state index in [1.54, 1.807) is 0 Å². The second-order valence-corrected chi connectivity index (χ2v) is 13.4. The van der Waals surface area contributed by atoms with Crippen LogP contribution in [0.5, 0.6) is 0 Å². The van der Waals surface area contributed by atoms with Crippen molar-refractivity contribution in [3.63, 3.8) is 0 Å². The molecule has 2 nitrogen and oxygen atoms in total. The van der Waals surface area contributed by atoms with Crippen LogP contribution in [0.1, 0.15) is 57.9 Å². The maximum atomic E-state index is 11.0. The molecule has 0 unspecified atom stereocenters. The van der Waals surface area contributed by atoms with Crippen molar-refractivity contribution < 1.29 is 10.2 Å². The van der Waals surface area contributed by atoms with E-state index in [-0.39, 0.29) is 6.61 Å². The first-order valence-corrected chi connectivity index (χ1v) is 13.0. The highest BCUT2D eigenvalue weighted by Gasteiger charge is 2.50. The molecule has 0 fully saturated rings. The second kappa shape index (κ2) is 10.3. The maximum Gasteiger partial charge on any atom is 0.0799 e. The number of aliphatic hydroxyl groups is 2. The highest BCUT2D eigenvalue weighted by atomic mass is 28.3. The van der Waals surface area contributed by atoms with Crippen LogP contribution in [0.25, 0.3) is 0 Å². The minimum atomic E-state index is -1.98. The Morgan fingerprint density at radius 1 is 1.12 bits per heavy atom. The summed E-state index contributed by atoms with van der Waals surface area (Å²) in [7, 11) is -1.98. The van der Waals surface area contributed by atoms with Crippen molar-refractivity contribution in [2.75, 3.05) is 6.61 Å². The zero-order chi connectivity index (χ0) is 18.9. The van der Waals surface area contributed by atoms with Gasteiger partial charge in [-0.15, -0.1) is 0 Å². The van der Waals surface area contributed by atoms with Gasteiger partial charge < -0.3 is 10.2 Å². The molecule has 1 aromatic carbocycles. The monoisotopic (exact) mass is 362 g/mol. The van der Waals surface area contributed by atoms with Crippen molar-refractivity contribution in [3.05, 3.63) is 48.0 Å². The van der Waals surface area contributed by atoms with Crippen LogP contribution in [-0.2, 0) is 6.04 Å². The lowest BCUT2D eigenvalue weighted by Crippen LogP contribution is -2.54. The number of benzene rings is 1. The average Bonchev–Trinajstić information content (AvgIpc) is 2.58. The molecule has 0 aliphatic rings. The van der Waals surface area contributed by atoms with Crippen molar-refractivity contribution in [2.24, 2.45) is 0 Å². The van der Waals surface area contributed by atoms with Gasteiger partial charge in [0, 0.05) is 11.6 Å². The van der Waals surface area contributed by atoms with E-state index < -0.39 is 19.2 Å². The first-order chi connectivity index (χ1) is 11.8. The van der Waals surface area contributed by atoms with Crippen LogP contribution in [0.3, 0.4) is 0 Å². The molecular weight excluding hydrogens is 324 g/mol. The second-order valence-electron chi connectivity index (χ2n) is 8.27. The van der Waals surface area contributed by atoms with Gasteiger partial charge in [0.15, 0.2) is 0 Å². The van der Waals surface area contributed by atoms with Gasteiger partial charge in [-0.3, -0.25) is 0 Å². The molecule has 2 atom stereocenters. The molecule has 0 heterocycles. The Hall–Kier alpha value is -0.903. The van der Waals surface area contributed by atoms with E-state index in [1.807, 2.05) is 13.0 Å². The SMILES string of the molecule is C=C(C)[C@H](O)[C@](CO)(CCCCCCC)[Si](C)(C)Cc1ccccc1. The molecule has 2 N–H and O–H groups in total. The first-order valence-electron chi connectivity index (χ1n) is 9.79. The molecule has 0 saturated heterocycles. The summed E-state index contributed by atoms with van der Waals surface area (Å²) < 4.78 is 0. The van der Waals surface area contributed by atoms with Crippen LogP contribution < -0.4 is 0 Å². The Morgan fingerprint density at radius 2 is 1.72 bits per heavy atom. The maximum absolute atomic E-state index is 11.0. The number of aliphatic hydroxyl groups excluding tert-OH is 2. The Bertz CT molecular complexity index is 512. The van der Waals surface area contributed by atoms with Crippen molar-refractivity contribution in [1.82, 2.24) is 0 Å². The summed E-state index contributed by atoms with van der Waals surface area (Å²) in [5.74, 6) is 0. The third kappa shape index (κ3) is 5.80. The molecule has 0 spiro atoms. The standard InChI is InChI=1S/C22H38O2Si/c1-6-7-8-9-13-16-22(18-23,21(24)19(2)3)25(4,5)17-20-14-11-10-12-15-20/h10-12,14-15,21,23-24H,2,6-9,13,16-18H2,1,3-5H3/t21-,22+/m0/s1. The van der Waals surface area contributed by atoms with Crippen LogP contribution in [0.15, 0.2) is 42.5 Å². The lowest BCUT2D eigenvalue weighted by molar-refractivity contribution is 0.0909. The van der Waals surface area contributed by atoms with Gasteiger partial charge in [-0.1, -0.05) is 100 Å². The van der Waals surface area contributed by atoms with Crippen LogP contribution in [0.4, 0.5) is 0 Å². The zero-order valence-corrected chi connectivity index (χ0v) is 17.7. The normalized spacial score (nSPS) is 15.6. The van der Waals surface area contributed by atoms with Gasteiger partial charge in [-0.2, -0.15) is 0 Å². The van der Waals surface area contributed by atoms with Gasteiger partial charge in [0.05, 0.1) is 14.2 Å². The van der Waals surface area contributed by atoms with E-state index in [9.17, 15) is 10.2 Å². The summed E-state index contributed by atoms with van der Waals surface area (Å²) >= 11 is 0. The highest BCUT2D eigenvalue weighted by Crippen LogP contribution is 2.49. The fourth-order valence-electron chi connectivity index (χ4n) is 4.02. The smallest absolute Gasteiger partial charge is 0.0799 e. The van der Waals surface area contributed by atoms with E-state index in [2.05, 4.69) is 50.9 Å². The minimum Gasteiger partial charge on any atom is -0.396 e. The van der Waals surface area contributed by atoms with Gasteiger partial charge in [-0.05, 0) is 19.4 Å². The van der Waals surface area contributed by atoms with Crippen molar-refractivity contribution in [1.29, 1.82) is 0 Å². The molecule has 0 amide bonds. The van der Waals surface area contributed by atoms with Crippen molar-refractivity contribution >= 4 is 8.07 Å². The van der Waals surface area contributed by atoms with Gasteiger partial charge in [0.25, 0.3) is 0 Å². The summed E-state index contributed by atoms with van der Waals surface area (Å²) in [6, 6.07) is 11.5. The quantitative estimate of drug-likeness (QED) is 0.292. The van der Waals surface area contributed by atoms with E-state index in [4.69, 9.17) is 0 Å². The third-order valence-corrected chi connectivity index (χ3v) is 10.5. The van der Waals surface area contributed by atoms with Crippen LogP contribution >= 0.6 is 0 Å². The van der Waals surface area contributed by atoms with Crippen molar-refractivity contribution in [2.45, 2.75) is 82.7 Å². The summed E-state index contributed by atoms with van der Waals surface area (Å²) in [4.78, 5) is 0. The Kier molecular flexibility index (Phi) is 9.12. The molecule has 0 aliphatic heterocycles. The fraction of sp³-hybridized carbons (Fsp3) is 0.636. The summed E-state index contributed by atoms with van der Waals surface area (Å²) in [5, 5.41) is 21.0. The van der Waals surface area contributed by atoms with Gasteiger partial charge in [-0.25, -0.2) is 0 Å². The number of hydrogen-bond acceptors (Lipinski definition) is 2. The molecule has 0 aromatic heterocycles. The lowest BCUT2D eigenvalue weighted by atomic mass is 9.90. The lowest BCUT2D eigenvalue weighted by Gasteiger charge is -2.48. The molecule has 3 heteroatoms. The Morgan fingerprint density at radius 3 is 2.24 bits per heavy atom. The molecular formula is C22H38O2Si. The molecule has 0 bridgehead atoms. The number of rotatable bonds is 12. The minimum absolute atomic E-state index is 0.0425. The topological polar surface area (TPSA) is 40.5 Å². The summed E-state index contributed by atoms with van der Waals surface area (Å²) in [5.41, 5.74) is 2.08. The number of hydrogen-bond donors (Lipinski definition) is 2. The predicted octanol–water partition coefficient (Wildman–Crippen LogP) is 5.51. The highest BCUT2D eigenvalue weighted by molar-refractivity contribution is 6.80. The molecule has 0 saturated carbocycles. The van der Waals surface area contributed by atoms with Crippen LogP contribution in [0.2, 0.25) is 18.1 Å². The molecule has 25 heavy (non-hydrogen) atoms. The summed E-state index contributed by atoms with van der Waals surface area (Å²) in [6.45, 7) is 12.8. The first kappa shape index (κ1) is 22.1. The molecule has 0 radical (unpaired) electrons. The molecule has 1 aromatic rings. The number of unbranched alkanes of at least 4 members (excludes halogenated alkanes) is 4. The van der Waals surface area contributed by atoms with E-state index in [0.29, 0.717) is 0 Å². The third-order valence-electron chi connectivity index (χ3n) is 5.84. The zero-order valence-electron chi connectivity index (χ0n) is 16.7. The summed E-state index contributed by atoms with van der Waals surface area (Å²) in [6.07, 6.45) is 6.22. The molecule has 1 rings (SSSR count). The van der Waals surface area contributed by atoms with Crippen LogP contribution in [-0.4, -0.2) is 31.0 Å². The predicted molar refractivity (Wildman–Crippen MR) is 112 cm³/mol. The van der Waals surface area contributed by atoms with Gasteiger partial charge in [0.1, 0.15) is 0 Å². The van der Waals surface area contributed by atoms with Crippen molar-refractivity contribution in [3.8, 4) is 0 Å². The Labute approximate surface area is 156 Å². The average molecular weight is 363 g/mol. The molecule has 142 valence electrons. The molecule has 0 aliphatic carbocycles. The van der Waals surface area contributed by atoms with Gasteiger partial charge in [0.2, 0.25) is 0 Å². The van der Waals surface area contributed by atoms with E-state index in [0.717, 1.165) is 24.5 Å². The largest absolute Gasteiger partial charge is 0.396 e.